The van der Waals surface area contributed by atoms with Crippen LogP contribution in [-0.2, 0) is 0 Å². The van der Waals surface area contributed by atoms with Crippen molar-refractivity contribution in [1.82, 2.24) is 10.3 Å². The standard InChI is InChI=1S/C19H13BrN8/c20-14-10-4-2-1-3-9(10)5-6-11(14)16-13-15(23)12(7-21)17(24)27-18(13)28-19(26-16)25-8-22/h1-6,16H,(H6,23,24,25,26,27,28). The molecule has 3 aromatic rings. The van der Waals surface area contributed by atoms with Crippen LogP contribution in [0.4, 0.5) is 17.3 Å². The molecule has 0 bridgehead atoms. The van der Waals surface area contributed by atoms with E-state index >= 15 is 0 Å². The molecule has 1 aromatic heterocycles. The summed E-state index contributed by atoms with van der Waals surface area (Å²) < 4.78 is 0.846. The summed E-state index contributed by atoms with van der Waals surface area (Å²) in [5.41, 5.74) is 13.8. The second kappa shape index (κ2) is 6.72. The number of pyridine rings is 1. The maximum absolute atomic E-state index is 9.42. The Morgan fingerprint density at radius 1 is 1.14 bits per heavy atom. The van der Waals surface area contributed by atoms with Crippen molar-refractivity contribution >= 4 is 50.0 Å². The number of fused-ring (bicyclic) bond motifs is 2. The number of nitriles is 2. The summed E-state index contributed by atoms with van der Waals surface area (Å²) in [6.07, 6.45) is 1.84. The first-order valence-corrected chi connectivity index (χ1v) is 9.00. The summed E-state index contributed by atoms with van der Waals surface area (Å²) in [4.78, 5) is 8.85. The number of hydrogen-bond acceptors (Lipinski definition) is 8. The third-order valence-electron chi connectivity index (χ3n) is 4.55. The molecule has 4 rings (SSSR count). The third kappa shape index (κ3) is 2.66. The molecule has 9 heteroatoms. The average Bonchev–Trinajstić information content (AvgIpc) is 2.68. The van der Waals surface area contributed by atoms with E-state index in [1.165, 1.54) is 0 Å². The van der Waals surface area contributed by atoms with Crippen LogP contribution >= 0.6 is 15.9 Å². The zero-order chi connectivity index (χ0) is 19.8. The minimum absolute atomic E-state index is 0.0146. The van der Waals surface area contributed by atoms with Crippen LogP contribution in [0.15, 0.2) is 45.9 Å². The van der Waals surface area contributed by atoms with Crippen LogP contribution in [0.1, 0.15) is 22.7 Å². The van der Waals surface area contributed by atoms with E-state index in [1.807, 2.05) is 48.7 Å². The van der Waals surface area contributed by atoms with Gasteiger partial charge in [0.25, 0.3) is 0 Å². The molecule has 8 nitrogen and oxygen atoms in total. The molecule has 1 aliphatic heterocycles. The summed E-state index contributed by atoms with van der Waals surface area (Å²) in [5.74, 6) is 0.587. The molecule has 0 amide bonds. The fraction of sp³-hybridized carbons (Fsp3) is 0.0526. The molecule has 0 saturated heterocycles. The third-order valence-corrected chi connectivity index (χ3v) is 5.43. The smallest absolute Gasteiger partial charge is 0.211 e. The lowest BCUT2D eigenvalue weighted by molar-refractivity contribution is 0.844. The normalized spacial score (nSPS) is 15.0. The van der Waals surface area contributed by atoms with Crippen LogP contribution < -0.4 is 22.1 Å². The Labute approximate surface area is 168 Å². The molecule has 1 aliphatic rings. The van der Waals surface area contributed by atoms with Crippen molar-refractivity contribution in [3.63, 3.8) is 0 Å². The van der Waals surface area contributed by atoms with Gasteiger partial charge in [-0.15, -0.1) is 0 Å². The molecular formula is C19H13BrN8. The summed E-state index contributed by atoms with van der Waals surface area (Å²) in [5, 5.41) is 25.9. The molecule has 136 valence electrons. The van der Waals surface area contributed by atoms with E-state index in [0.29, 0.717) is 11.4 Å². The second-order valence-electron chi connectivity index (χ2n) is 6.09. The van der Waals surface area contributed by atoms with Gasteiger partial charge >= 0.3 is 0 Å². The number of nitrogens with zero attached hydrogens (tertiary/aromatic N) is 4. The maximum atomic E-state index is 9.42. The minimum Gasteiger partial charge on any atom is -0.397 e. The van der Waals surface area contributed by atoms with Crippen molar-refractivity contribution in [2.24, 2.45) is 4.99 Å². The van der Waals surface area contributed by atoms with Gasteiger partial charge < -0.3 is 16.8 Å². The van der Waals surface area contributed by atoms with Gasteiger partial charge in [0, 0.05) is 10.0 Å². The van der Waals surface area contributed by atoms with Gasteiger partial charge in [0.05, 0.1) is 5.69 Å². The Morgan fingerprint density at radius 3 is 2.68 bits per heavy atom. The number of aromatic nitrogens is 1. The molecule has 0 radical (unpaired) electrons. The molecular weight excluding hydrogens is 420 g/mol. The first kappa shape index (κ1) is 17.6. The van der Waals surface area contributed by atoms with Crippen LogP contribution in [-0.4, -0.2) is 10.9 Å². The van der Waals surface area contributed by atoms with Gasteiger partial charge in [0.2, 0.25) is 5.96 Å². The lowest BCUT2D eigenvalue weighted by Gasteiger charge is -2.27. The zero-order valence-electron chi connectivity index (χ0n) is 14.4. The zero-order valence-corrected chi connectivity index (χ0v) is 15.9. The number of benzene rings is 2. The van der Waals surface area contributed by atoms with E-state index in [9.17, 15) is 5.26 Å². The van der Waals surface area contributed by atoms with Crippen LogP contribution in [0.25, 0.3) is 10.8 Å². The molecule has 2 heterocycles. The van der Waals surface area contributed by atoms with Gasteiger partial charge in [0.1, 0.15) is 29.3 Å². The van der Waals surface area contributed by atoms with E-state index < -0.39 is 6.04 Å². The summed E-state index contributed by atoms with van der Waals surface area (Å²) >= 11 is 3.68. The van der Waals surface area contributed by atoms with E-state index in [1.54, 1.807) is 0 Å². The monoisotopic (exact) mass is 432 g/mol. The predicted octanol–water partition coefficient (Wildman–Crippen LogP) is 2.97. The average molecular weight is 433 g/mol. The highest BCUT2D eigenvalue weighted by molar-refractivity contribution is 9.10. The highest BCUT2D eigenvalue weighted by Crippen LogP contribution is 2.43. The van der Waals surface area contributed by atoms with Gasteiger partial charge in [-0.2, -0.15) is 10.5 Å². The number of guanidine groups is 1. The first-order chi connectivity index (χ1) is 13.5. The molecule has 2 aromatic carbocycles. The van der Waals surface area contributed by atoms with Crippen LogP contribution in [0.2, 0.25) is 0 Å². The van der Waals surface area contributed by atoms with Gasteiger partial charge in [-0.25, -0.2) is 9.98 Å². The Hall–Kier alpha value is -3.82. The number of rotatable bonds is 1. The van der Waals surface area contributed by atoms with Gasteiger partial charge in [-0.05, 0) is 32.3 Å². The Kier molecular flexibility index (Phi) is 4.22. The maximum Gasteiger partial charge on any atom is 0.211 e. The number of anilines is 3. The van der Waals surface area contributed by atoms with E-state index in [2.05, 4.69) is 36.5 Å². The Bertz CT molecular complexity index is 1240. The topological polar surface area (TPSA) is 149 Å². The van der Waals surface area contributed by atoms with Crippen molar-refractivity contribution in [2.75, 3.05) is 16.8 Å². The number of hydrogen-bond donors (Lipinski definition) is 4. The van der Waals surface area contributed by atoms with Gasteiger partial charge in [0.15, 0.2) is 6.19 Å². The summed E-state index contributed by atoms with van der Waals surface area (Å²) in [6, 6.07) is 13.2. The van der Waals surface area contributed by atoms with Crippen molar-refractivity contribution in [3.05, 3.63) is 57.6 Å². The number of nitrogens with two attached hydrogens (primary N) is 2. The van der Waals surface area contributed by atoms with Crippen molar-refractivity contribution in [2.45, 2.75) is 6.04 Å². The van der Waals surface area contributed by atoms with Crippen molar-refractivity contribution in [1.29, 1.82) is 10.5 Å². The van der Waals surface area contributed by atoms with Crippen LogP contribution in [0.5, 0.6) is 0 Å². The second-order valence-corrected chi connectivity index (χ2v) is 6.88. The largest absolute Gasteiger partial charge is 0.397 e. The van der Waals surface area contributed by atoms with E-state index in [-0.39, 0.29) is 23.0 Å². The Morgan fingerprint density at radius 2 is 1.93 bits per heavy atom. The molecule has 0 fully saturated rings. The molecule has 1 atom stereocenters. The summed E-state index contributed by atoms with van der Waals surface area (Å²) in [6.45, 7) is 0. The molecule has 0 spiro atoms. The number of nitrogens with one attached hydrogen (secondary N) is 2. The highest BCUT2D eigenvalue weighted by atomic mass is 79.9. The van der Waals surface area contributed by atoms with Crippen molar-refractivity contribution < 1.29 is 0 Å². The number of halogens is 1. The van der Waals surface area contributed by atoms with Crippen molar-refractivity contribution in [3.8, 4) is 12.3 Å². The fourth-order valence-electron chi connectivity index (χ4n) is 3.27. The molecule has 0 saturated carbocycles. The lowest BCUT2D eigenvalue weighted by Crippen LogP contribution is -2.32. The van der Waals surface area contributed by atoms with Crippen LogP contribution in [0, 0.1) is 22.8 Å². The summed E-state index contributed by atoms with van der Waals surface area (Å²) in [7, 11) is 0. The Balaban J connectivity index is 2.00. The minimum atomic E-state index is -0.591. The van der Waals surface area contributed by atoms with Gasteiger partial charge in [-0.1, -0.05) is 36.4 Å². The van der Waals surface area contributed by atoms with Gasteiger partial charge in [-0.3, -0.25) is 5.32 Å². The van der Waals surface area contributed by atoms with E-state index in [0.717, 1.165) is 20.8 Å². The predicted molar refractivity (Wildman–Crippen MR) is 111 cm³/mol. The lowest BCUT2D eigenvalue weighted by atomic mass is 9.93. The molecule has 6 N–H and O–H groups in total. The van der Waals surface area contributed by atoms with Crippen LogP contribution in [0.3, 0.4) is 0 Å². The van der Waals surface area contributed by atoms with E-state index in [4.69, 9.17) is 16.7 Å². The molecule has 28 heavy (non-hydrogen) atoms. The number of aliphatic imine (C=N–C) groups is 1. The molecule has 0 aliphatic carbocycles. The fourth-order valence-corrected chi connectivity index (χ4v) is 3.98. The quantitative estimate of drug-likeness (QED) is 0.340. The first-order valence-electron chi connectivity index (χ1n) is 8.21. The highest BCUT2D eigenvalue weighted by Gasteiger charge is 2.31. The number of nitrogen functional groups attached to an aromatic ring is 2. The SMILES string of the molecule is N#CNC1=NC(c2ccc3ccccc3c2Br)c2c(nc(N)c(C#N)c2N)N1. The molecule has 1 unspecified atom stereocenters.